The molecule has 0 aromatic carbocycles. The van der Waals surface area contributed by atoms with Crippen molar-refractivity contribution in [1.82, 2.24) is 10.2 Å². The zero-order valence-corrected chi connectivity index (χ0v) is 14.4. The molecule has 124 valence electrons. The minimum absolute atomic E-state index is 0.494. The molecule has 21 heavy (non-hydrogen) atoms. The van der Waals surface area contributed by atoms with Crippen molar-refractivity contribution in [2.45, 2.75) is 71.4 Å². The molecule has 0 amide bonds. The minimum atomic E-state index is 0.494. The molecular formula is C18H36N2O. The Hall–Kier alpha value is -0.120. The van der Waals surface area contributed by atoms with Gasteiger partial charge in [-0.3, -0.25) is 0 Å². The molecule has 2 rings (SSSR count). The van der Waals surface area contributed by atoms with Crippen LogP contribution in [0.5, 0.6) is 0 Å². The van der Waals surface area contributed by atoms with Crippen LogP contribution in [-0.4, -0.2) is 49.8 Å². The molecule has 0 aromatic heterocycles. The van der Waals surface area contributed by atoms with E-state index >= 15 is 0 Å². The van der Waals surface area contributed by atoms with E-state index < -0.39 is 0 Å². The summed E-state index contributed by atoms with van der Waals surface area (Å²) in [6.45, 7) is 12.7. The molecule has 1 aliphatic heterocycles. The van der Waals surface area contributed by atoms with E-state index in [1.54, 1.807) is 0 Å². The Kier molecular flexibility index (Phi) is 7.48. The number of ether oxygens (including phenoxy) is 1. The number of nitrogens with one attached hydrogen (secondary N) is 1. The smallest absolute Gasteiger partial charge is 0.0702 e. The van der Waals surface area contributed by atoms with E-state index in [-0.39, 0.29) is 0 Å². The molecule has 3 nitrogen and oxygen atoms in total. The van der Waals surface area contributed by atoms with Gasteiger partial charge in [0.25, 0.3) is 0 Å². The lowest BCUT2D eigenvalue weighted by Crippen LogP contribution is -2.47. The van der Waals surface area contributed by atoms with Gasteiger partial charge >= 0.3 is 0 Å². The second-order valence-electron chi connectivity index (χ2n) is 7.23. The molecule has 2 fully saturated rings. The Balaban J connectivity index is 1.84. The van der Waals surface area contributed by atoms with E-state index in [4.69, 9.17) is 4.74 Å². The molecule has 1 heterocycles. The highest BCUT2D eigenvalue weighted by molar-refractivity contribution is 4.86. The predicted molar refractivity (Wildman–Crippen MR) is 89.7 cm³/mol. The molecule has 3 heteroatoms. The monoisotopic (exact) mass is 296 g/mol. The SMILES string of the molecule is CCCNC1CCC(C)CC1CN(CC)CC1CCCO1. The van der Waals surface area contributed by atoms with Crippen LogP contribution < -0.4 is 5.32 Å². The first-order valence-electron chi connectivity index (χ1n) is 9.30. The van der Waals surface area contributed by atoms with Gasteiger partial charge in [0.15, 0.2) is 0 Å². The van der Waals surface area contributed by atoms with Crippen LogP contribution in [0.2, 0.25) is 0 Å². The van der Waals surface area contributed by atoms with Crippen LogP contribution in [0, 0.1) is 11.8 Å². The molecule has 0 radical (unpaired) electrons. The van der Waals surface area contributed by atoms with Gasteiger partial charge in [0.05, 0.1) is 6.10 Å². The van der Waals surface area contributed by atoms with E-state index in [9.17, 15) is 0 Å². The van der Waals surface area contributed by atoms with Crippen LogP contribution in [0.25, 0.3) is 0 Å². The third-order valence-corrected chi connectivity index (χ3v) is 5.33. The molecule has 0 bridgehead atoms. The number of rotatable bonds is 8. The molecule has 1 saturated heterocycles. The molecule has 1 N–H and O–H groups in total. The van der Waals surface area contributed by atoms with Gasteiger partial charge in [-0.05, 0) is 63.5 Å². The van der Waals surface area contributed by atoms with Crippen molar-refractivity contribution in [2.24, 2.45) is 11.8 Å². The van der Waals surface area contributed by atoms with Crippen LogP contribution >= 0.6 is 0 Å². The van der Waals surface area contributed by atoms with Crippen molar-refractivity contribution in [1.29, 1.82) is 0 Å². The van der Waals surface area contributed by atoms with Crippen molar-refractivity contribution in [2.75, 3.05) is 32.8 Å². The average molecular weight is 296 g/mol. The van der Waals surface area contributed by atoms with Gasteiger partial charge in [-0.1, -0.05) is 20.8 Å². The average Bonchev–Trinajstić information content (AvgIpc) is 2.98. The summed E-state index contributed by atoms with van der Waals surface area (Å²) in [5.41, 5.74) is 0. The van der Waals surface area contributed by atoms with Crippen molar-refractivity contribution in [3.63, 3.8) is 0 Å². The molecule has 4 atom stereocenters. The van der Waals surface area contributed by atoms with Gasteiger partial charge < -0.3 is 15.0 Å². The molecule has 1 saturated carbocycles. The van der Waals surface area contributed by atoms with Gasteiger partial charge in [0.1, 0.15) is 0 Å². The number of hydrogen-bond donors (Lipinski definition) is 1. The van der Waals surface area contributed by atoms with E-state index in [1.807, 2.05) is 0 Å². The summed E-state index contributed by atoms with van der Waals surface area (Å²) < 4.78 is 5.83. The van der Waals surface area contributed by atoms with Gasteiger partial charge in [-0.2, -0.15) is 0 Å². The van der Waals surface area contributed by atoms with E-state index in [2.05, 4.69) is 31.0 Å². The van der Waals surface area contributed by atoms with Crippen molar-refractivity contribution >= 4 is 0 Å². The topological polar surface area (TPSA) is 24.5 Å². The lowest BCUT2D eigenvalue weighted by molar-refractivity contribution is 0.0602. The lowest BCUT2D eigenvalue weighted by atomic mass is 9.78. The predicted octanol–water partition coefficient (Wildman–Crippen LogP) is 3.29. The zero-order chi connectivity index (χ0) is 15.1. The van der Waals surface area contributed by atoms with Crippen LogP contribution in [0.1, 0.15) is 59.3 Å². The second kappa shape index (κ2) is 9.12. The van der Waals surface area contributed by atoms with Gasteiger partial charge in [-0.15, -0.1) is 0 Å². The van der Waals surface area contributed by atoms with Crippen LogP contribution in [-0.2, 0) is 4.74 Å². The Morgan fingerprint density at radius 2 is 2.00 bits per heavy atom. The quantitative estimate of drug-likeness (QED) is 0.744. The largest absolute Gasteiger partial charge is 0.377 e. The Morgan fingerprint density at radius 3 is 2.67 bits per heavy atom. The summed E-state index contributed by atoms with van der Waals surface area (Å²) in [6, 6.07) is 0.736. The van der Waals surface area contributed by atoms with Crippen LogP contribution in [0.4, 0.5) is 0 Å². The molecule has 0 spiro atoms. The van der Waals surface area contributed by atoms with Crippen molar-refractivity contribution in [3.05, 3.63) is 0 Å². The summed E-state index contributed by atoms with van der Waals surface area (Å²) in [6.07, 6.45) is 8.40. The first-order chi connectivity index (χ1) is 10.2. The molecule has 0 aromatic rings. The Labute approximate surface area is 131 Å². The number of nitrogens with zero attached hydrogens (tertiary/aromatic N) is 1. The highest BCUT2D eigenvalue weighted by Crippen LogP contribution is 2.30. The zero-order valence-electron chi connectivity index (χ0n) is 14.4. The first-order valence-corrected chi connectivity index (χ1v) is 9.30. The summed E-state index contributed by atoms with van der Waals surface area (Å²) in [5, 5.41) is 3.81. The second-order valence-corrected chi connectivity index (χ2v) is 7.23. The van der Waals surface area contributed by atoms with Crippen LogP contribution in [0.15, 0.2) is 0 Å². The summed E-state index contributed by atoms with van der Waals surface area (Å²) in [7, 11) is 0. The van der Waals surface area contributed by atoms with Gasteiger partial charge in [0.2, 0.25) is 0 Å². The Bertz CT molecular complexity index is 276. The van der Waals surface area contributed by atoms with E-state index in [1.165, 1.54) is 51.6 Å². The fourth-order valence-electron chi connectivity index (χ4n) is 4.04. The minimum Gasteiger partial charge on any atom is -0.377 e. The maximum absolute atomic E-state index is 5.83. The third kappa shape index (κ3) is 5.54. The molecule has 1 aliphatic carbocycles. The summed E-state index contributed by atoms with van der Waals surface area (Å²) >= 11 is 0. The number of hydrogen-bond acceptors (Lipinski definition) is 3. The normalized spacial score (nSPS) is 33.7. The first kappa shape index (κ1) is 17.2. The van der Waals surface area contributed by atoms with Crippen LogP contribution in [0.3, 0.4) is 0 Å². The highest BCUT2D eigenvalue weighted by atomic mass is 16.5. The summed E-state index contributed by atoms with van der Waals surface area (Å²) in [5.74, 6) is 1.72. The highest BCUT2D eigenvalue weighted by Gasteiger charge is 2.30. The third-order valence-electron chi connectivity index (χ3n) is 5.33. The standard InChI is InChI=1S/C18H36N2O/c1-4-10-19-18-9-8-15(3)12-16(18)13-20(5-2)14-17-7-6-11-21-17/h15-19H,4-14H2,1-3H3. The van der Waals surface area contributed by atoms with E-state index in [0.29, 0.717) is 6.10 Å². The molecule has 2 aliphatic rings. The fourth-order valence-corrected chi connectivity index (χ4v) is 4.04. The lowest BCUT2D eigenvalue weighted by Gasteiger charge is -2.39. The van der Waals surface area contributed by atoms with Gasteiger partial charge in [-0.25, -0.2) is 0 Å². The molecule has 4 unspecified atom stereocenters. The van der Waals surface area contributed by atoms with Crippen molar-refractivity contribution < 1.29 is 4.74 Å². The van der Waals surface area contributed by atoms with Crippen molar-refractivity contribution in [3.8, 4) is 0 Å². The maximum atomic E-state index is 5.83. The maximum Gasteiger partial charge on any atom is 0.0702 e. The van der Waals surface area contributed by atoms with Gasteiger partial charge in [0, 0.05) is 25.7 Å². The number of likely N-dealkylation sites (N-methyl/N-ethyl adjacent to an activating group) is 1. The van der Waals surface area contributed by atoms with E-state index in [0.717, 1.165) is 37.6 Å². The summed E-state index contributed by atoms with van der Waals surface area (Å²) in [4.78, 5) is 2.64. The molecular weight excluding hydrogens is 260 g/mol. The Morgan fingerprint density at radius 1 is 1.14 bits per heavy atom. The fraction of sp³-hybridized carbons (Fsp3) is 1.00.